The highest BCUT2D eigenvalue weighted by Crippen LogP contribution is 2.32. The molecule has 182 valence electrons. The highest BCUT2D eigenvalue weighted by molar-refractivity contribution is 5.87. The van der Waals surface area contributed by atoms with E-state index in [-0.39, 0.29) is 6.61 Å². The quantitative estimate of drug-likeness (QED) is 0.341. The van der Waals surface area contributed by atoms with Gasteiger partial charge in [0.15, 0.2) is 5.60 Å². The van der Waals surface area contributed by atoms with Gasteiger partial charge in [-0.1, -0.05) is 24.3 Å². The summed E-state index contributed by atoms with van der Waals surface area (Å²) in [5.41, 5.74) is 3.36. The van der Waals surface area contributed by atoms with E-state index in [9.17, 15) is 4.79 Å². The maximum absolute atomic E-state index is 12.1. The summed E-state index contributed by atoms with van der Waals surface area (Å²) in [7, 11) is 3.28. The molecular weight excluding hydrogens is 444 g/mol. The standard InChI is InChI=1S/C27H30N4O4/c1-27(2,26(32)33-4)34-17-20-15-24(18-8-5-12-22(14-18)35-21-10-7-11-21)31(29-20)23-13-6-9-19-16-28-30(3)25(19)23/h5-6,8-9,12-16,21H,7,10-11,17H2,1-4H3. The molecule has 1 aliphatic rings. The number of carbonyl (C=O) groups excluding carboxylic acids is 1. The molecule has 8 heteroatoms. The maximum Gasteiger partial charge on any atom is 0.337 e. The molecular formula is C27H30N4O4. The maximum atomic E-state index is 12.1. The number of hydrogen-bond acceptors (Lipinski definition) is 6. The monoisotopic (exact) mass is 474 g/mol. The Morgan fingerprint density at radius 3 is 2.69 bits per heavy atom. The van der Waals surface area contributed by atoms with Crippen LogP contribution in [0.25, 0.3) is 27.8 Å². The van der Waals surface area contributed by atoms with Gasteiger partial charge in [-0.15, -0.1) is 0 Å². The average molecular weight is 475 g/mol. The minimum atomic E-state index is -1.09. The molecule has 0 N–H and O–H groups in total. The van der Waals surface area contributed by atoms with E-state index >= 15 is 0 Å². The van der Waals surface area contributed by atoms with Crippen LogP contribution >= 0.6 is 0 Å². The summed E-state index contributed by atoms with van der Waals surface area (Å²) >= 11 is 0. The molecule has 0 amide bonds. The van der Waals surface area contributed by atoms with Gasteiger partial charge < -0.3 is 14.2 Å². The lowest BCUT2D eigenvalue weighted by atomic mass is 9.96. The van der Waals surface area contributed by atoms with Crippen molar-refractivity contribution in [2.75, 3.05) is 7.11 Å². The van der Waals surface area contributed by atoms with E-state index in [4.69, 9.17) is 19.3 Å². The van der Waals surface area contributed by atoms with Crippen LogP contribution in [0.15, 0.2) is 54.7 Å². The Kier molecular flexibility index (Phi) is 6.06. The summed E-state index contributed by atoms with van der Waals surface area (Å²) in [6, 6.07) is 16.1. The lowest BCUT2D eigenvalue weighted by molar-refractivity contribution is -0.166. The summed E-state index contributed by atoms with van der Waals surface area (Å²) in [6.45, 7) is 3.53. The fourth-order valence-corrected chi connectivity index (χ4v) is 4.24. The Morgan fingerprint density at radius 2 is 1.94 bits per heavy atom. The molecule has 2 aromatic heterocycles. The third kappa shape index (κ3) is 4.53. The van der Waals surface area contributed by atoms with Crippen molar-refractivity contribution in [3.63, 3.8) is 0 Å². The van der Waals surface area contributed by atoms with Crippen LogP contribution in [0.1, 0.15) is 38.8 Å². The molecule has 0 radical (unpaired) electrons. The molecule has 1 saturated carbocycles. The van der Waals surface area contributed by atoms with Crippen molar-refractivity contribution < 1.29 is 19.0 Å². The Hall–Kier alpha value is -3.65. The van der Waals surface area contributed by atoms with E-state index in [0.717, 1.165) is 46.4 Å². The molecule has 0 saturated heterocycles. The number of methoxy groups -OCH3 is 1. The number of aromatic nitrogens is 4. The van der Waals surface area contributed by atoms with Crippen molar-refractivity contribution in [1.82, 2.24) is 19.6 Å². The van der Waals surface area contributed by atoms with Gasteiger partial charge in [-0.25, -0.2) is 9.48 Å². The molecule has 2 aromatic carbocycles. The minimum absolute atomic E-state index is 0.154. The van der Waals surface area contributed by atoms with Gasteiger partial charge in [-0.05, 0) is 57.4 Å². The number of nitrogens with zero attached hydrogens (tertiary/aromatic N) is 4. The van der Waals surface area contributed by atoms with Gasteiger partial charge in [0.05, 0.1) is 48.6 Å². The van der Waals surface area contributed by atoms with Crippen molar-refractivity contribution in [3.05, 3.63) is 60.4 Å². The molecule has 4 aromatic rings. The lowest BCUT2D eigenvalue weighted by Crippen LogP contribution is -2.35. The van der Waals surface area contributed by atoms with Crippen LogP contribution < -0.4 is 4.74 Å². The van der Waals surface area contributed by atoms with E-state index in [1.165, 1.54) is 13.5 Å². The Morgan fingerprint density at radius 1 is 1.14 bits per heavy atom. The van der Waals surface area contributed by atoms with E-state index in [1.807, 2.05) is 65.1 Å². The molecule has 0 aliphatic heterocycles. The molecule has 0 atom stereocenters. The van der Waals surface area contributed by atoms with E-state index < -0.39 is 11.6 Å². The topological polar surface area (TPSA) is 80.4 Å². The molecule has 2 heterocycles. The molecule has 5 rings (SSSR count). The molecule has 0 spiro atoms. The van der Waals surface area contributed by atoms with Gasteiger partial charge in [0.1, 0.15) is 5.75 Å². The fraction of sp³-hybridized carbons (Fsp3) is 0.370. The second kappa shape index (κ2) is 9.19. The molecule has 0 bridgehead atoms. The predicted octanol–water partition coefficient (Wildman–Crippen LogP) is 4.83. The van der Waals surface area contributed by atoms with Crippen molar-refractivity contribution in [2.24, 2.45) is 7.05 Å². The van der Waals surface area contributed by atoms with Crippen LogP contribution in [0.3, 0.4) is 0 Å². The fourth-order valence-electron chi connectivity index (χ4n) is 4.24. The van der Waals surface area contributed by atoms with Crippen molar-refractivity contribution in [3.8, 4) is 22.7 Å². The summed E-state index contributed by atoms with van der Waals surface area (Å²) < 4.78 is 20.7. The number of rotatable bonds is 8. The third-order valence-electron chi connectivity index (χ3n) is 6.47. The Balaban J connectivity index is 1.56. The normalized spacial score (nSPS) is 14.2. The predicted molar refractivity (Wildman–Crippen MR) is 132 cm³/mol. The molecule has 1 aliphatic carbocycles. The van der Waals surface area contributed by atoms with Crippen LogP contribution in [-0.4, -0.2) is 44.3 Å². The molecule has 1 fully saturated rings. The van der Waals surface area contributed by atoms with Crippen molar-refractivity contribution in [1.29, 1.82) is 0 Å². The average Bonchev–Trinajstić information content (AvgIpc) is 3.44. The number of ether oxygens (including phenoxy) is 3. The largest absolute Gasteiger partial charge is 0.490 e. The van der Waals surface area contributed by atoms with Gasteiger partial charge in [0, 0.05) is 18.0 Å². The van der Waals surface area contributed by atoms with E-state index in [0.29, 0.717) is 11.8 Å². The first-order chi connectivity index (χ1) is 16.9. The molecule has 35 heavy (non-hydrogen) atoms. The van der Waals surface area contributed by atoms with Gasteiger partial charge in [-0.3, -0.25) is 4.68 Å². The number of para-hydroxylation sites is 1. The molecule has 0 unspecified atom stereocenters. The summed E-state index contributed by atoms with van der Waals surface area (Å²) in [5.74, 6) is 0.418. The van der Waals surface area contributed by atoms with Crippen LogP contribution in [0.5, 0.6) is 5.75 Å². The summed E-state index contributed by atoms with van der Waals surface area (Å²) in [4.78, 5) is 12.1. The SMILES string of the molecule is COC(=O)C(C)(C)OCc1cc(-c2cccc(OC3CCC3)c2)n(-c2cccc3cnn(C)c23)n1. The van der Waals surface area contributed by atoms with E-state index in [2.05, 4.69) is 11.2 Å². The Labute approximate surface area is 204 Å². The third-order valence-corrected chi connectivity index (χ3v) is 6.47. The number of benzene rings is 2. The van der Waals surface area contributed by atoms with Crippen molar-refractivity contribution >= 4 is 16.9 Å². The van der Waals surface area contributed by atoms with Crippen LogP contribution in [0, 0.1) is 0 Å². The Bertz CT molecular complexity index is 1370. The zero-order valence-corrected chi connectivity index (χ0v) is 20.5. The number of carbonyl (C=O) groups is 1. The molecule has 8 nitrogen and oxygen atoms in total. The lowest BCUT2D eigenvalue weighted by Gasteiger charge is -2.26. The van der Waals surface area contributed by atoms with Gasteiger partial charge in [-0.2, -0.15) is 10.2 Å². The first-order valence-electron chi connectivity index (χ1n) is 11.9. The number of hydrogen-bond donors (Lipinski definition) is 0. The van der Waals surface area contributed by atoms with Crippen LogP contribution in [0.2, 0.25) is 0 Å². The smallest absolute Gasteiger partial charge is 0.337 e. The number of fused-ring (bicyclic) bond motifs is 1. The minimum Gasteiger partial charge on any atom is -0.490 e. The van der Waals surface area contributed by atoms with E-state index in [1.54, 1.807) is 13.8 Å². The second-order valence-electron chi connectivity index (χ2n) is 9.41. The second-order valence-corrected chi connectivity index (χ2v) is 9.41. The first kappa shape index (κ1) is 23.1. The van der Waals surface area contributed by atoms with Crippen LogP contribution in [-0.2, 0) is 27.9 Å². The zero-order valence-electron chi connectivity index (χ0n) is 20.5. The zero-order chi connectivity index (χ0) is 24.6. The van der Waals surface area contributed by atoms with Crippen molar-refractivity contribution in [2.45, 2.75) is 51.4 Å². The number of esters is 1. The number of aryl methyl sites for hydroxylation is 1. The van der Waals surface area contributed by atoms with Gasteiger partial charge in [0.2, 0.25) is 0 Å². The van der Waals surface area contributed by atoms with Gasteiger partial charge in [0.25, 0.3) is 0 Å². The van der Waals surface area contributed by atoms with Gasteiger partial charge >= 0.3 is 5.97 Å². The van der Waals surface area contributed by atoms with Crippen LogP contribution in [0.4, 0.5) is 0 Å². The summed E-state index contributed by atoms with van der Waals surface area (Å²) in [5, 5.41) is 10.3. The highest BCUT2D eigenvalue weighted by atomic mass is 16.6. The summed E-state index contributed by atoms with van der Waals surface area (Å²) in [6.07, 6.45) is 5.56. The highest BCUT2D eigenvalue weighted by Gasteiger charge is 2.30. The first-order valence-corrected chi connectivity index (χ1v) is 11.9.